The summed E-state index contributed by atoms with van der Waals surface area (Å²) < 4.78 is 3.58. The Kier molecular flexibility index (Phi) is 5.75. The first-order valence-electron chi connectivity index (χ1n) is 12.7. The molecule has 1 fully saturated rings. The Morgan fingerprint density at radius 3 is 2.57 bits per heavy atom. The molecule has 2 aromatic carbocycles. The monoisotopic (exact) mass is 491 g/mol. The van der Waals surface area contributed by atoms with Crippen LogP contribution in [0.2, 0.25) is 0 Å². The summed E-state index contributed by atoms with van der Waals surface area (Å²) >= 11 is 0. The first-order valence-corrected chi connectivity index (χ1v) is 12.7. The third kappa shape index (κ3) is 4.16. The lowest BCUT2D eigenvalue weighted by molar-refractivity contribution is 0.0726. The number of aryl methyl sites for hydroxylation is 1. The molecule has 0 unspecified atom stereocenters. The molecule has 1 aliphatic rings. The highest BCUT2D eigenvalue weighted by Gasteiger charge is 2.27. The number of aromatic nitrogens is 3. The summed E-state index contributed by atoms with van der Waals surface area (Å²) in [6.45, 7) is 6.82. The second kappa shape index (κ2) is 9.24. The number of piperazine rings is 1. The van der Waals surface area contributed by atoms with Crippen molar-refractivity contribution in [1.82, 2.24) is 18.9 Å². The van der Waals surface area contributed by atoms with Gasteiger partial charge in [-0.1, -0.05) is 24.3 Å². The van der Waals surface area contributed by atoms with Gasteiger partial charge >= 0.3 is 0 Å². The number of rotatable bonds is 4. The number of hydrogen-bond donors (Lipinski definition) is 0. The standard InChI is InChI=1S/C30H29N5O2/c1-21-6-3-7-25(18-21)33-17-16-32(19-22(33)2)29(36)24-12-10-23(11-13-24)20-35-28-26(8-4-14-31-28)34-15-5-9-27(34)30(35)37/h3-15,18,22H,16-17,19-20H2,1-2H3/t22-/m0/s1. The van der Waals surface area contributed by atoms with Gasteiger partial charge in [0.2, 0.25) is 0 Å². The van der Waals surface area contributed by atoms with Crippen LogP contribution >= 0.6 is 0 Å². The van der Waals surface area contributed by atoms with Crippen LogP contribution in [0.4, 0.5) is 5.69 Å². The zero-order valence-corrected chi connectivity index (χ0v) is 21.0. The number of hydrogen-bond acceptors (Lipinski definition) is 4. The number of fused-ring (bicyclic) bond motifs is 3. The van der Waals surface area contributed by atoms with Crippen LogP contribution in [0.1, 0.15) is 28.4 Å². The van der Waals surface area contributed by atoms with Crippen molar-refractivity contribution >= 4 is 28.3 Å². The van der Waals surface area contributed by atoms with Gasteiger partial charge in [0.15, 0.2) is 5.65 Å². The van der Waals surface area contributed by atoms with Crippen LogP contribution in [0.5, 0.6) is 0 Å². The van der Waals surface area contributed by atoms with E-state index in [2.05, 4.69) is 48.0 Å². The normalized spacial score (nSPS) is 16.0. The van der Waals surface area contributed by atoms with Gasteiger partial charge in [0.05, 0.1) is 12.1 Å². The van der Waals surface area contributed by atoms with E-state index in [9.17, 15) is 9.59 Å². The van der Waals surface area contributed by atoms with Crippen molar-refractivity contribution in [2.45, 2.75) is 26.4 Å². The minimum atomic E-state index is -0.0863. The highest BCUT2D eigenvalue weighted by Crippen LogP contribution is 2.23. The van der Waals surface area contributed by atoms with Gasteiger partial charge in [0.25, 0.3) is 11.5 Å². The van der Waals surface area contributed by atoms with Gasteiger partial charge in [-0.05, 0) is 73.5 Å². The van der Waals surface area contributed by atoms with E-state index in [1.54, 1.807) is 10.8 Å². The van der Waals surface area contributed by atoms with Crippen molar-refractivity contribution in [3.63, 3.8) is 0 Å². The lowest BCUT2D eigenvalue weighted by Crippen LogP contribution is -2.53. The molecule has 37 heavy (non-hydrogen) atoms. The maximum Gasteiger partial charge on any atom is 0.276 e. The van der Waals surface area contributed by atoms with E-state index in [0.717, 1.165) is 17.6 Å². The maximum absolute atomic E-state index is 13.3. The summed E-state index contributed by atoms with van der Waals surface area (Å²) in [5, 5.41) is 0. The third-order valence-electron chi connectivity index (χ3n) is 7.28. The summed E-state index contributed by atoms with van der Waals surface area (Å²) in [6, 6.07) is 23.9. The van der Waals surface area contributed by atoms with Crippen LogP contribution in [0.3, 0.4) is 0 Å². The van der Waals surface area contributed by atoms with Crippen LogP contribution < -0.4 is 10.5 Å². The molecule has 0 radical (unpaired) electrons. The van der Waals surface area contributed by atoms with Gasteiger partial charge in [-0.15, -0.1) is 0 Å². The molecule has 0 spiro atoms. The van der Waals surface area contributed by atoms with E-state index >= 15 is 0 Å². The topological polar surface area (TPSA) is 62.8 Å². The average Bonchev–Trinajstić information content (AvgIpc) is 3.42. The number of pyridine rings is 1. The molecule has 186 valence electrons. The van der Waals surface area contributed by atoms with Gasteiger partial charge in [0.1, 0.15) is 5.52 Å². The molecule has 5 aromatic rings. The molecular weight excluding hydrogens is 462 g/mol. The molecule has 1 amide bonds. The van der Waals surface area contributed by atoms with Crippen LogP contribution in [0.25, 0.3) is 16.7 Å². The molecular formula is C30H29N5O2. The fourth-order valence-electron chi connectivity index (χ4n) is 5.38. The maximum atomic E-state index is 13.3. The number of benzene rings is 2. The molecule has 1 atom stereocenters. The van der Waals surface area contributed by atoms with E-state index in [-0.39, 0.29) is 17.5 Å². The molecule has 1 saturated heterocycles. The molecule has 4 heterocycles. The van der Waals surface area contributed by atoms with Crippen LogP contribution in [0.15, 0.2) is 90.0 Å². The highest BCUT2D eigenvalue weighted by molar-refractivity contribution is 5.94. The van der Waals surface area contributed by atoms with Crippen molar-refractivity contribution in [3.8, 4) is 0 Å². The fraction of sp³-hybridized carbons (Fsp3) is 0.233. The Morgan fingerprint density at radius 1 is 0.973 bits per heavy atom. The van der Waals surface area contributed by atoms with E-state index in [1.807, 2.05) is 64.0 Å². The zero-order chi connectivity index (χ0) is 25.5. The van der Waals surface area contributed by atoms with Crippen LogP contribution in [0, 0.1) is 6.92 Å². The molecule has 1 aliphatic heterocycles. The minimum absolute atomic E-state index is 0.0428. The Labute approximate surface area is 215 Å². The molecule has 0 N–H and O–H groups in total. The quantitative estimate of drug-likeness (QED) is 0.375. The summed E-state index contributed by atoms with van der Waals surface area (Å²) in [6.07, 6.45) is 3.59. The van der Waals surface area contributed by atoms with E-state index in [0.29, 0.717) is 36.4 Å². The molecule has 6 rings (SSSR count). The van der Waals surface area contributed by atoms with Crippen molar-refractivity contribution in [3.05, 3.63) is 112 Å². The zero-order valence-electron chi connectivity index (χ0n) is 21.0. The second-order valence-electron chi connectivity index (χ2n) is 9.83. The third-order valence-corrected chi connectivity index (χ3v) is 7.28. The predicted molar refractivity (Wildman–Crippen MR) is 146 cm³/mol. The van der Waals surface area contributed by atoms with E-state index in [4.69, 9.17) is 0 Å². The lowest BCUT2D eigenvalue weighted by Gasteiger charge is -2.41. The van der Waals surface area contributed by atoms with Crippen LogP contribution in [-0.4, -0.2) is 50.4 Å². The summed E-state index contributed by atoms with van der Waals surface area (Å²) in [5.74, 6) is 0.0428. The number of carbonyl (C=O) groups is 1. The van der Waals surface area contributed by atoms with Crippen LogP contribution in [-0.2, 0) is 6.54 Å². The molecule has 3 aromatic heterocycles. The summed E-state index contributed by atoms with van der Waals surface area (Å²) in [5.41, 5.74) is 6.10. The molecule has 0 bridgehead atoms. The van der Waals surface area contributed by atoms with Crippen molar-refractivity contribution in [1.29, 1.82) is 0 Å². The Morgan fingerprint density at radius 2 is 1.78 bits per heavy atom. The number of anilines is 1. The van der Waals surface area contributed by atoms with Gasteiger partial charge < -0.3 is 14.2 Å². The molecule has 0 saturated carbocycles. The summed E-state index contributed by atoms with van der Waals surface area (Å²) in [7, 11) is 0. The Hall–Kier alpha value is -4.39. The van der Waals surface area contributed by atoms with Crippen molar-refractivity contribution in [2.24, 2.45) is 0 Å². The largest absolute Gasteiger partial charge is 0.365 e. The number of nitrogens with zero attached hydrogens (tertiary/aromatic N) is 5. The first-order chi connectivity index (χ1) is 18.0. The minimum Gasteiger partial charge on any atom is -0.365 e. The lowest BCUT2D eigenvalue weighted by atomic mass is 10.1. The van der Waals surface area contributed by atoms with Gasteiger partial charge in [-0.3, -0.25) is 14.2 Å². The van der Waals surface area contributed by atoms with Crippen molar-refractivity contribution < 1.29 is 4.79 Å². The van der Waals surface area contributed by atoms with E-state index in [1.165, 1.54) is 11.3 Å². The Balaban J connectivity index is 1.20. The molecule has 7 nitrogen and oxygen atoms in total. The number of amides is 1. The first kappa shape index (κ1) is 23.0. The van der Waals surface area contributed by atoms with Gasteiger partial charge in [0, 0.05) is 49.3 Å². The Bertz CT molecular complexity index is 1670. The van der Waals surface area contributed by atoms with Gasteiger partial charge in [-0.25, -0.2) is 4.98 Å². The fourth-order valence-corrected chi connectivity index (χ4v) is 5.38. The number of carbonyl (C=O) groups excluding carboxylic acids is 1. The highest BCUT2D eigenvalue weighted by atomic mass is 16.2. The average molecular weight is 492 g/mol. The molecule has 0 aliphatic carbocycles. The smallest absolute Gasteiger partial charge is 0.276 e. The predicted octanol–water partition coefficient (Wildman–Crippen LogP) is 4.36. The van der Waals surface area contributed by atoms with E-state index < -0.39 is 0 Å². The molecule has 7 heteroatoms. The van der Waals surface area contributed by atoms with Gasteiger partial charge in [-0.2, -0.15) is 0 Å². The second-order valence-corrected chi connectivity index (χ2v) is 9.83. The van der Waals surface area contributed by atoms with Crippen molar-refractivity contribution in [2.75, 3.05) is 24.5 Å². The SMILES string of the molecule is Cc1cccc(N2CCN(C(=O)c3ccc(Cn4c(=O)c5cccn5c5cccnc54)cc3)C[C@@H]2C)c1. The summed E-state index contributed by atoms with van der Waals surface area (Å²) in [4.78, 5) is 35.3.